The lowest BCUT2D eigenvalue weighted by Crippen LogP contribution is -2.61. The maximum Gasteiger partial charge on any atom is 0.408 e. The number of allylic oxidation sites excluding steroid dienone is 6. The minimum atomic E-state index is -2.49. The monoisotopic (exact) mass is 1250 g/mol. The molecule has 2 bridgehead atoms. The van der Waals surface area contributed by atoms with Gasteiger partial charge in [-0.1, -0.05) is 120 Å². The van der Waals surface area contributed by atoms with Crippen LogP contribution in [0.3, 0.4) is 0 Å². The van der Waals surface area contributed by atoms with Crippen LogP contribution < -0.4 is 5.32 Å². The average Bonchev–Trinajstić information content (AvgIpc) is 1.19. The second-order valence-electron chi connectivity index (χ2n) is 25.7. The van der Waals surface area contributed by atoms with Crippen molar-refractivity contribution >= 4 is 52.2 Å². The number of esters is 2. The summed E-state index contributed by atoms with van der Waals surface area (Å²) in [6.07, 6.45) is 11.3. The third kappa shape index (κ3) is 18.8. The van der Waals surface area contributed by atoms with Crippen molar-refractivity contribution in [3.05, 3.63) is 120 Å². The molecule has 2 saturated heterocycles. The number of aliphatic hydroxyl groups is 2. The zero-order chi connectivity index (χ0) is 65.2. The van der Waals surface area contributed by atoms with Crippen LogP contribution in [0.2, 0.25) is 0 Å². The van der Waals surface area contributed by atoms with Crippen LogP contribution in [0.4, 0.5) is 4.79 Å². The first-order valence-corrected chi connectivity index (χ1v) is 32.3. The molecule has 3 aliphatic heterocycles. The van der Waals surface area contributed by atoms with E-state index < -0.39 is 114 Å². The molecule has 0 spiro atoms. The Morgan fingerprint density at radius 2 is 1.58 bits per heavy atom. The van der Waals surface area contributed by atoms with E-state index in [1.54, 1.807) is 40.9 Å². The van der Waals surface area contributed by atoms with Crippen LogP contribution in [0, 0.1) is 35.5 Å². The summed E-state index contributed by atoms with van der Waals surface area (Å²) in [5, 5.41) is 27.6. The Labute approximate surface area is 530 Å². The average molecular weight is 1250 g/mol. The van der Waals surface area contributed by atoms with Crippen molar-refractivity contribution in [1.29, 1.82) is 0 Å². The highest BCUT2D eigenvalue weighted by atomic mass is 16.6. The number of nitrogens with zero attached hydrogens (tertiary/aromatic N) is 1. The first kappa shape index (κ1) is 70.8. The number of amides is 2. The Morgan fingerprint density at radius 1 is 0.833 bits per heavy atom. The molecule has 4 heterocycles. The van der Waals surface area contributed by atoms with Gasteiger partial charge in [0.1, 0.15) is 48.9 Å². The summed E-state index contributed by atoms with van der Waals surface area (Å²) in [6.45, 7) is 12.6. The third-order valence-corrected chi connectivity index (χ3v) is 18.9. The fraction of sp³-hybridized carbons (Fsp3) is 0.592. The number of methoxy groups -OCH3 is 3. The standard InChI is InChI=1S/C71H97N3O16/c1-43-21-13-11-14-22-44(2)60(84-8)39-53-31-28-49(7)71(83,90-53)66(78)67(79)74-34-20-19-27-57(74)69(81)88-61(40-58(75)45(3)36-48(6)64(77)65(86-10)63(76)47(5)35-43)46(4)37-51-29-33-59(62(38-51)85-9)89-70(82)73-56(68(80)87-42-50-23-15-12-16-24-50)32-30-52-41-72-55-26-18-17-25-54(52)55/h11-18,21-26,36,41,43,45-47,49,51,53,56-57,59-62,64-65,72,77,83H,19-20,27-35,37-40,42H2,1-10H3,(H,73,82)/b14-11-,21-13-,44-22-,48-36-/t43?,45?,46?,47-,49-,51?,53?,56?,57+,59-,60?,61?,62?,64-,65?,71-/m1/s1. The summed E-state index contributed by atoms with van der Waals surface area (Å²) in [6, 6.07) is 14.8. The first-order chi connectivity index (χ1) is 43.0. The van der Waals surface area contributed by atoms with Crippen molar-refractivity contribution in [1.82, 2.24) is 15.2 Å². The highest BCUT2D eigenvalue weighted by Gasteiger charge is 2.53. The van der Waals surface area contributed by atoms with Gasteiger partial charge in [0.25, 0.3) is 11.7 Å². The summed E-state index contributed by atoms with van der Waals surface area (Å²) in [7, 11) is 4.47. The van der Waals surface area contributed by atoms with Gasteiger partial charge in [0, 0.05) is 75.6 Å². The van der Waals surface area contributed by atoms with Crippen LogP contribution in [0.1, 0.15) is 143 Å². The van der Waals surface area contributed by atoms with Gasteiger partial charge in [0.2, 0.25) is 5.79 Å². The molecular formula is C71H97N3O16. The van der Waals surface area contributed by atoms with Gasteiger partial charge in [-0.3, -0.25) is 19.2 Å². The molecule has 19 nitrogen and oxygen atoms in total. The molecule has 4 aliphatic rings. The number of rotatable bonds is 14. The van der Waals surface area contributed by atoms with Crippen LogP contribution in [-0.4, -0.2) is 150 Å². The van der Waals surface area contributed by atoms with Crippen LogP contribution in [0.5, 0.6) is 0 Å². The number of fused-ring (bicyclic) bond motifs is 4. The lowest BCUT2D eigenvalue weighted by Gasteiger charge is -2.42. The number of ether oxygens (including phenoxy) is 7. The molecule has 4 N–H and O–H groups in total. The Bertz CT molecular complexity index is 3040. The van der Waals surface area contributed by atoms with Crippen LogP contribution in [0.15, 0.2) is 108 Å². The Hall–Kier alpha value is -6.61. The van der Waals surface area contributed by atoms with Gasteiger partial charge in [-0.2, -0.15) is 0 Å². The number of hydrogen-bond donors (Lipinski definition) is 4. The zero-order valence-electron chi connectivity index (χ0n) is 54.3. The molecule has 2 aromatic carbocycles. The normalized spacial score (nSPS) is 32.6. The number of H-pyrrole nitrogens is 1. The number of benzene rings is 2. The van der Waals surface area contributed by atoms with Crippen molar-refractivity contribution in [2.75, 3.05) is 27.9 Å². The third-order valence-electron chi connectivity index (χ3n) is 18.9. The lowest BCUT2D eigenvalue weighted by molar-refractivity contribution is -0.265. The second-order valence-corrected chi connectivity index (χ2v) is 25.7. The minimum absolute atomic E-state index is 0.0175. The highest BCUT2D eigenvalue weighted by molar-refractivity contribution is 6.39. The fourth-order valence-electron chi connectivity index (χ4n) is 13.3. The number of cyclic esters (lactones) is 1. The van der Waals surface area contributed by atoms with Crippen molar-refractivity contribution < 1.29 is 76.9 Å². The molecule has 3 aromatic rings. The summed E-state index contributed by atoms with van der Waals surface area (Å²) in [4.78, 5) is 104. The molecule has 1 aliphatic carbocycles. The number of piperidine rings is 1. The van der Waals surface area contributed by atoms with E-state index >= 15 is 0 Å². The topological polar surface area (TPSA) is 256 Å². The zero-order valence-corrected chi connectivity index (χ0v) is 54.3. The van der Waals surface area contributed by atoms with Crippen LogP contribution >= 0.6 is 0 Å². The van der Waals surface area contributed by atoms with Crippen molar-refractivity contribution in [3.8, 4) is 0 Å². The van der Waals surface area contributed by atoms with E-state index in [0.717, 1.165) is 27.6 Å². The van der Waals surface area contributed by atoms with Gasteiger partial charge in [-0.25, -0.2) is 14.4 Å². The summed E-state index contributed by atoms with van der Waals surface area (Å²) >= 11 is 0. The van der Waals surface area contributed by atoms with E-state index in [2.05, 4.69) is 10.3 Å². The molecule has 7 rings (SSSR count). The molecule has 492 valence electrons. The number of carbonyl (C=O) groups excluding carboxylic acids is 7. The lowest BCUT2D eigenvalue weighted by atomic mass is 9.78. The van der Waals surface area contributed by atoms with E-state index in [9.17, 15) is 43.8 Å². The Balaban J connectivity index is 1.09. The van der Waals surface area contributed by atoms with E-state index in [0.29, 0.717) is 69.8 Å². The quantitative estimate of drug-likeness (QED) is 0.0507. The molecule has 19 heteroatoms. The van der Waals surface area contributed by atoms with Gasteiger partial charge in [-0.05, 0) is 137 Å². The van der Waals surface area contributed by atoms with E-state index in [-0.39, 0.29) is 62.2 Å². The van der Waals surface area contributed by atoms with Crippen LogP contribution in [-0.2, 0) is 75.0 Å². The van der Waals surface area contributed by atoms with E-state index in [4.69, 9.17) is 33.2 Å². The molecule has 90 heavy (non-hydrogen) atoms. The van der Waals surface area contributed by atoms with Gasteiger partial charge < -0.3 is 58.6 Å². The number of aryl methyl sites for hydroxylation is 1. The van der Waals surface area contributed by atoms with Crippen molar-refractivity contribution in [2.24, 2.45) is 35.5 Å². The number of hydrogen-bond acceptors (Lipinski definition) is 16. The smallest absolute Gasteiger partial charge is 0.408 e. The fourth-order valence-corrected chi connectivity index (χ4v) is 13.3. The van der Waals surface area contributed by atoms with Crippen molar-refractivity contribution in [2.45, 2.75) is 206 Å². The molecule has 10 unspecified atom stereocenters. The van der Waals surface area contributed by atoms with Gasteiger partial charge >= 0.3 is 18.0 Å². The predicted octanol–water partition coefficient (Wildman–Crippen LogP) is 10.1. The number of Topliss-reactive ketones (excluding diaryl/α,β-unsaturated/α-hetero) is 3. The number of carbonyl (C=O) groups is 7. The molecule has 2 amide bonds. The molecule has 1 saturated carbocycles. The first-order valence-electron chi connectivity index (χ1n) is 32.3. The number of aromatic amines is 1. The van der Waals surface area contributed by atoms with E-state index in [1.165, 1.54) is 19.1 Å². The van der Waals surface area contributed by atoms with Crippen LogP contribution in [0.25, 0.3) is 10.9 Å². The van der Waals surface area contributed by atoms with E-state index in [1.807, 2.05) is 112 Å². The summed E-state index contributed by atoms with van der Waals surface area (Å²) in [5.41, 5.74) is 3.93. The number of para-hydroxylation sites is 1. The second kappa shape index (κ2) is 33.6. The van der Waals surface area contributed by atoms with Crippen molar-refractivity contribution in [3.63, 3.8) is 0 Å². The maximum atomic E-state index is 14.8. The number of ketones is 3. The maximum absolute atomic E-state index is 14.8. The SMILES string of the molecule is COC1CC2CC[C@@H](C)[C@@](O)(O2)C(=O)C(=O)N2CCCC[C@H]2C(=O)OC(C(C)CC2CC[C@@H](OC(=O)NC(CCc3c[nH]c4ccccc34)C(=O)OCc3ccccc3)C(OC)C2)CC(=O)C(C)/C=C(/C)[C@@H](O)C(OC)C(=O)[C@H](C)CC(C)\C=C/C=C\C=C/1C. The largest absolute Gasteiger partial charge is 0.460 e. The number of alkyl carbamates (subject to hydrolysis) is 1. The predicted molar refractivity (Wildman–Crippen MR) is 339 cm³/mol. The summed E-state index contributed by atoms with van der Waals surface area (Å²) in [5.74, 6) is -9.38. The molecule has 3 fully saturated rings. The molecule has 16 atom stereocenters. The van der Waals surface area contributed by atoms with Gasteiger partial charge in [0.15, 0.2) is 5.78 Å². The number of aliphatic hydroxyl groups excluding tert-OH is 1. The number of aromatic nitrogens is 1. The highest BCUT2D eigenvalue weighted by Crippen LogP contribution is 2.38. The Morgan fingerprint density at radius 3 is 2.31 bits per heavy atom. The number of nitrogens with one attached hydrogen (secondary N) is 2. The molecule has 0 radical (unpaired) electrons. The van der Waals surface area contributed by atoms with Gasteiger partial charge in [0.05, 0.1) is 18.3 Å². The minimum Gasteiger partial charge on any atom is -0.460 e. The van der Waals surface area contributed by atoms with Gasteiger partial charge in [-0.15, -0.1) is 0 Å². The molecule has 1 aromatic heterocycles. The summed E-state index contributed by atoms with van der Waals surface area (Å²) < 4.78 is 41.9. The Kier molecular flexibility index (Phi) is 26.5. The molecular weight excluding hydrogens is 1150 g/mol.